The predicted octanol–water partition coefficient (Wildman–Crippen LogP) is 2.75. The Morgan fingerprint density at radius 2 is 2.13 bits per heavy atom. The van der Waals surface area contributed by atoms with Crippen molar-refractivity contribution in [1.82, 2.24) is 15.5 Å². The fourth-order valence-electron chi connectivity index (χ4n) is 2.04. The van der Waals surface area contributed by atoms with Crippen LogP contribution < -0.4 is 10.1 Å². The van der Waals surface area contributed by atoms with E-state index in [1.807, 2.05) is 31.2 Å². The van der Waals surface area contributed by atoms with Gasteiger partial charge < -0.3 is 14.5 Å². The molecule has 1 N–H and O–H groups in total. The minimum absolute atomic E-state index is 0.0583. The molecule has 1 fully saturated rings. The number of carbonyl (C=O) groups is 1. The van der Waals surface area contributed by atoms with Crippen LogP contribution in [0.2, 0.25) is 0 Å². The van der Waals surface area contributed by atoms with Gasteiger partial charge in [0.1, 0.15) is 5.75 Å². The summed E-state index contributed by atoms with van der Waals surface area (Å²) in [5.41, 5.74) is 1.02. The minimum atomic E-state index is -0.291. The molecule has 0 saturated heterocycles. The van der Waals surface area contributed by atoms with Crippen molar-refractivity contribution in [3.05, 3.63) is 35.7 Å². The van der Waals surface area contributed by atoms with Crippen LogP contribution in [0.3, 0.4) is 0 Å². The van der Waals surface area contributed by atoms with Crippen molar-refractivity contribution in [2.75, 3.05) is 7.11 Å². The summed E-state index contributed by atoms with van der Waals surface area (Å²) in [6.07, 6.45) is 2.23. The SMILES string of the molecule is COc1ccc(CNC(=O)[C@H](C)Sc2nnc(C3CC3)o2)cc1. The van der Waals surface area contributed by atoms with Crippen LogP contribution in [0.25, 0.3) is 0 Å². The molecule has 1 heterocycles. The van der Waals surface area contributed by atoms with E-state index in [1.165, 1.54) is 11.8 Å². The van der Waals surface area contributed by atoms with Gasteiger partial charge in [-0.2, -0.15) is 0 Å². The van der Waals surface area contributed by atoms with Gasteiger partial charge in [0, 0.05) is 12.5 Å². The number of amides is 1. The van der Waals surface area contributed by atoms with Crippen molar-refractivity contribution in [1.29, 1.82) is 0 Å². The second-order valence-corrected chi connectivity index (χ2v) is 6.80. The maximum Gasteiger partial charge on any atom is 0.277 e. The van der Waals surface area contributed by atoms with Crippen LogP contribution in [0.4, 0.5) is 0 Å². The Hall–Kier alpha value is -2.02. The number of hydrogen-bond acceptors (Lipinski definition) is 6. The largest absolute Gasteiger partial charge is 0.497 e. The lowest BCUT2D eigenvalue weighted by molar-refractivity contribution is -0.120. The second kappa shape index (κ2) is 7.04. The van der Waals surface area contributed by atoms with Gasteiger partial charge in [-0.05, 0) is 37.5 Å². The van der Waals surface area contributed by atoms with Crippen LogP contribution in [-0.2, 0) is 11.3 Å². The van der Waals surface area contributed by atoms with Crippen LogP contribution in [0.15, 0.2) is 33.9 Å². The van der Waals surface area contributed by atoms with Crippen LogP contribution in [-0.4, -0.2) is 28.5 Å². The molecule has 1 amide bonds. The Labute approximate surface area is 139 Å². The molecule has 3 rings (SSSR count). The zero-order valence-corrected chi connectivity index (χ0v) is 13.9. The van der Waals surface area contributed by atoms with E-state index in [1.54, 1.807) is 7.11 Å². The first-order chi connectivity index (χ1) is 11.2. The monoisotopic (exact) mass is 333 g/mol. The van der Waals surface area contributed by atoms with Gasteiger partial charge in [0.05, 0.1) is 12.4 Å². The van der Waals surface area contributed by atoms with Gasteiger partial charge in [0.15, 0.2) is 0 Å². The van der Waals surface area contributed by atoms with Gasteiger partial charge in [-0.1, -0.05) is 23.9 Å². The summed E-state index contributed by atoms with van der Waals surface area (Å²) in [4.78, 5) is 12.2. The maximum absolute atomic E-state index is 12.2. The minimum Gasteiger partial charge on any atom is -0.497 e. The standard InChI is InChI=1S/C16H19N3O3S/c1-10(23-16-19-18-15(22-16)12-5-6-12)14(20)17-9-11-3-7-13(21-2)8-4-11/h3-4,7-8,10,12H,5-6,9H2,1-2H3,(H,17,20)/t10-/m0/s1. The van der Waals surface area contributed by atoms with Crippen molar-refractivity contribution in [2.24, 2.45) is 0 Å². The van der Waals surface area contributed by atoms with E-state index >= 15 is 0 Å². The normalized spacial score (nSPS) is 15.2. The summed E-state index contributed by atoms with van der Waals surface area (Å²) in [6, 6.07) is 7.60. The first kappa shape index (κ1) is 15.9. The molecule has 2 aromatic rings. The van der Waals surface area contributed by atoms with E-state index in [2.05, 4.69) is 15.5 Å². The molecule has 122 valence electrons. The third-order valence-electron chi connectivity index (χ3n) is 3.62. The summed E-state index contributed by atoms with van der Waals surface area (Å²) >= 11 is 1.29. The van der Waals surface area contributed by atoms with Crippen molar-refractivity contribution in [3.8, 4) is 5.75 Å². The average molecular weight is 333 g/mol. The van der Waals surface area contributed by atoms with Crippen molar-refractivity contribution in [3.63, 3.8) is 0 Å². The van der Waals surface area contributed by atoms with E-state index in [0.29, 0.717) is 23.6 Å². The molecular formula is C16H19N3O3S. The predicted molar refractivity (Wildman–Crippen MR) is 86.4 cm³/mol. The molecule has 23 heavy (non-hydrogen) atoms. The molecule has 6 nitrogen and oxygen atoms in total. The van der Waals surface area contributed by atoms with Gasteiger partial charge in [0.25, 0.3) is 5.22 Å². The third-order valence-corrected chi connectivity index (χ3v) is 4.56. The number of nitrogens with zero attached hydrogens (tertiary/aromatic N) is 2. The highest BCUT2D eigenvalue weighted by atomic mass is 32.2. The lowest BCUT2D eigenvalue weighted by Crippen LogP contribution is -2.30. The molecule has 0 unspecified atom stereocenters. The van der Waals surface area contributed by atoms with Crippen molar-refractivity contribution in [2.45, 2.75) is 42.7 Å². The smallest absolute Gasteiger partial charge is 0.277 e. The quantitative estimate of drug-likeness (QED) is 0.785. The number of aromatic nitrogens is 2. The molecule has 1 aromatic heterocycles. The number of rotatable bonds is 7. The van der Waals surface area contributed by atoms with Crippen LogP contribution in [0, 0.1) is 0 Å². The van der Waals surface area contributed by atoms with Gasteiger partial charge in [-0.25, -0.2) is 0 Å². The lowest BCUT2D eigenvalue weighted by atomic mass is 10.2. The van der Waals surface area contributed by atoms with Gasteiger partial charge in [-0.3, -0.25) is 4.79 Å². The first-order valence-electron chi connectivity index (χ1n) is 7.56. The summed E-state index contributed by atoms with van der Waals surface area (Å²) in [5.74, 6) is 1.86. The van der Waals surface area contributed by atoms with E-state index in [0.717, 1.165) is 24.2 Å². The van der Waals surface area contributed by atoms with Crippen LogP contribution in [0.5, 0.6) is 5.75 Å². The van der Waals surface area contributed by atoms with E-state index in [9.17, 15) is 4.79 Å². The zero-order chi connectivity index (χ0) is 16.2. The molecule has 0 bridgehead atoms. The Bertz CT molecular complexity index is 667. The average Bonchev–Trinajstić information content (AvgIpc) is 3.33. The maximum atomic E-state index is 12.2. The molecule has 1 aliphatic carbocycles. The highest BCUT2D eigenvalue weighted by Gasteiger charge is 2.30. The van der Waals surface area contributed by atoms with Gasteiger partial charge >= 0.3 is 0 Å². The lowest BCUT2D eigenvalue weighted by Gasteiger charge is -2.10. The molecule has 0 aliphatic heterocycles. The molecule has 0 spiro atoms. The summed E-state index contributed by atoms with van der Waals surface area (Å²) in [6.45, 7) is 2.31. The summed E-state index contributed by atoms with van der Waals surface area (Å²) in [7, 11) is 1.63. The first-order valence-corrected chi connectivity index (χ1v) is 8.44. The number of thioether (sulfide) groups is 1. The number of hydrogen-bond donors (Lipinski definition) is 1. The van der Waals surface area contributed by atoms with E-state index in [4.69, 9.17) is 9.15 Å². The number of carbonyl (C=O) groups excluding carboxylic acids is 1. The molecule has 1 aromatic carbocycles. The summed E-state index contributed by atoms with van der Waals surface area (Å²) < 4.78 is 10.7. The molecule has 0 radical (unpaired) electrons. The topological polar surface area (TPSA) is 77.2 Å². The van der Waals surface area contributed by atoms with E-state index < -0.39 is 0 Å². The fraction of sp³-hybridized carbons (Fsp3) is 0.438. The highest BCUT2D eigenvalue weighted by molar-refractivity contribution is 8.00. The zero-order valence-electron chi connectivity index (χ0n) is 13.1. The van der Waals surface area contributed by atoms with Crippen LogP contribution >= 0.6 is 11.8 Å². The number of nitrogens with one attached hydrogen (secondary N) is 1. The Kier molecular flexibility index (Phi) is 4.85. The summed E-state index contributed by atoms with van der Waals surface area (Å²) in [5, 5.41) is 11.1. The van der Waals surface area contributed by atoms with Crippen molar-refractivity contribution < 1.29 is 13.9 Å². The van der Waals surface area contributed by atoms with E-state index in [-0.39, 0.29) is 11.2 Å². The highest BCUT2D eigenvalue weighted by Crippen LogP contribution is 2.40. The molecule has 1 aliphatic rings. The Morgan fingerprint density at radius 3 is 2.78 bits per heavy atom. The Morgan fingerprint density at radius 1 is 1.39 bits per heavy atom. The number of methoxy groups -OCH3 is 1. The fourth-order valence-corrected chi connectivity index (χ4v) is 2.76. The van der Waals surface area contributed by atoms with Gasteiger partial charge in [0.2, 0.25) is 11.8 Å². The molecular weight excluding hydrogens is 314 g/mol. The van der Waals surface area contributed by atoms with Crippen LogP contribution in [0.1, 0.15) is 37.1 Å². The number of benzene rings is 1. The second-order valence-electron chi connectivity index (χ2n) is 5.51. The molecule has 1 saturated carbocycles. The third kappa shape index (κ3) is 4.25. The molecule has 1 atom stereocenters. The van der Waals surface area contributed by atoms with Crippen molar-refractivity contribution >= 4 is 17.7 Å². The number of ether oxygens (including phenoxy) is 1. The molecule has 7 heteroatoms. The Balaban J connectivity index is 1.48. The van der Waals surface area contributed by atoms with Gasteiger partial charge in [-0.15, -0.1) is 10.2 Å².